The van der Waals surface area contributed by atoms with Gasteiger partial charge in [0.2, 0.25) is 5.43 Å². The number of carbonyl (C=O) groups is 1. The van der Waals surface area contributed by atoms with Gasteiger partial charge in [-0.1, -0.05) is 23.7 Å². The highest BCUT2D eigenvalue weighted by Crippen LogP contribution is 2.38. The fourth-order valence-corrected chi connectivity index (χ4v) is 5.75. The third-order valence-electron chi connectivity index (χ3n) is 6.22. The molecule has 0 aliphatic rings. The Balaban J connectivity index is 1.60. The van der Waals surface area contributed by atoms with Gasteiger partial charge in [-0.05, 0) is 45.0 Å². The molecule has 0 saturated heterocycles. The number of para-hydroxylation sites is 2. The lowest BCUT2D eigenvalue weighted by atomic mass is 10.1. The summed E-state index contributed by atoms with van der Waals surface area (Å²) in [5.41, 5.74) is 3.05. The lowest BCUT2D eigenvalue weighted by Gasteiger charge is -2.17. The van der Waals surface area contributed by atoms with E-state index in [4.69, 9.17) is 20.8 Å². The van der Waals surface area contributed by atoms with Crippen LogP contribution in [0.4, 0.5) is 5.69 Å². The third kappa shape index (κ3) is 4.42. The van der Waals surface area contributed by atoms with Crippen LogP contribution in [0, 0.1) is 13.8 Å². The maximum absolute atomic E-state index is 13.4. The van der Waals surface area contributed by atoms with Crippen LogP contribution in [-0.2, 0) is 0 Å². The summed E-state index contributed by atoms with van der Waals surface area (Å²) in [5.74, 6) is -0.135. The Morgan fingerprint density at radius 3 is 2.74 bits per heavy atom. The monoisotopic (exact) mass is 550 g/mol. The number of ether oxygens (including phenoxy) is 1. The Morgan fingerprint density at radius 2 is 2.00 bits per heavy atom. The summed E-state index contributed by atoms with van der Waals surface area (Å²) in [7, 11) is 1.59. The first-order valence-corrected chi connectivity index (χ1v) is 12.8. The molecule has 4 heterocycles. The summed E-state index contributed by atoms with van der Waals surface area (Å²) in [5, 5.41) is 17.3. The zero-order valence-electron chi connectivity index (χ0n) is 20.9. The highest BCUT2D eigenvalue weighted by molar-refractivity contribution is 7.19. The van der Waals surface area contributed by atoms with E-state index in [1.54, 1.807) is 37.2 Å². The lowest BCUT2D eigenvalue weighted by molar-refractivity contribution is 0.0691. The van der Waals surface area contributed by atoms with Crippen LogP contribution in [0.1, 0.15) is 39.5 Å². The molecule has 5 aromatic rings. The van der Waals surface area contributed by atoms with Gasteiger partial charge in [-0.3, -0.25) is 4.79 Å². The fraction of sp³-hybridized carbons (Fsp3) is 0.185. The van der Waals surface area contributed by atoms with E-state index >= 15 is 0 Å². The normalized spacial score (nSPS) is 12.0. The Hall–Kier alpha value is -4.15. The molecule has 1 aromatic carbocycles. The van der Waals surface area contributed by atoms with Crippen molar-refractivity contribution < 1.29 is 19.1 Å². The van der Waals surface area contributed by atoms with E-state index in [0.29, 0.717) is 38.6 Å². The van der Waals surface area contributed by atoms with Gasteiger partial charge in [0.1, 0.15) is 27.1 Å². The number of aromatic carboxylic acids is 1. The largest absolute Gasteiger partial charge is 0.494 e. The van der Waals surface area contributed by atoms with Crippen LogP contribution < -0.4 is 15.5 Å². The third-order valence-corrected chi connectivity index (χ3v) is 7.53. The summed E-state index contributed by atoms with van der Waals surface area (Å²) < 4.78 is 14.0. The maximum Gasteiger partial charge on any atom is 0.356 e. The lowest BCUT2D eigenvalue weighted by Crippen LogP contribution is -2.13. The highest BCUT2D eigenvalue weighted by atomic mass is 35.5. The number of pyridine rings is 1. The van der Waals surface area contributed by atoms with Crippen LogP contribution in [-0.4, -0.2) is 33.0 Å². The van der Waals surface area contributed by atoms with Crippen LogP contribution in [0.25, 0.3) is 27.3 Å². The second-order valence-corrected chi connectivity index (χ2v) is 10.3. The fourth-order valence-electron chi connectivity index (χ4n) is 4.43. The number of anilines is 1. The molecule has 38 heavy (non-hydrogen) atoms. The summed E-state index contributed by atoms with van der Waals surface area (Å²) in [4.78, 5) is 29.9. The van der Waals surface area contributed by atoms with Crippen molar-refractivity contribution >= 4 is 44.9 Å². The predicted molar refractivity (Wildman–Crippen MR) is 147 cm³/mol. The molecule has 11 heteroatoms. The molecule has 0 aliphatic heterocycles. The van der Waals surface area contributed by atoms with Crippen molar-refractivity contribution in [1.82, 2.24) is 14.8 Å². The molecular weight excluding hydrogens is 528 g/mol. The average molecular weight is 551 g/mol. The number of rotatable bonds is 7. The minimum absolute atomic E-state index is 0.0811. The zero-order valence-corrected chi connectivity index (χ0v) is 22.5. The van der Waals surface area contributed by atoms with E-state index in [-0.39, 0.29) is 16.3 Å². The minimum Gasteiger partial charge on any atom is -0.494 e. The second-order valence-electron chi connectivity index (χ2n) is 8.66. The molecule has 0 spiro atoms. The van der Waals surface area contributed by atoms with Crippen LogP contribution >= 0.6 is 22.9 Å². The molecule has 4 aromatic heterocycles. The number of halogens is 1. The SMILES string of the molecule is COc1ccccc1-n1cc(-c2oc3c(C(C)Nc4ccc(Cl)nc4C(=O)O)c(C)sc3c(=O)c2C)cn1. The van der Waals surface area contributed by atoms with Crippen molar-refractivity contribution in [3.63, 3.8) is 0 Å². The molecule has 0 bridgehead atoms. The van der Waals surface area contributed by atoms with Gasteiger partial charge in [-0.15, -0.1) is 11.3 Å². The topological polar surface area (TPSA) is 119 Å². The first-order valence-electron chi connectivity index (χ1n) is 11.6. The van der Waals surface area contributed by atoms with Crippen LogP contribution in [0.15, 0.2) is 58.0 Å². The number of hydrogen-bond acceptors (Lipinski definition) is 8. The van der Waals surface area contributed by atoms with Crippen molar-refractivity contribution in [2.24, 2.45) is 0 Å². The number of benzene rings is 1. The van der Waals surface area contributed by atoms with Crippen LogP contribution in [0.3, 0.4) is 0 Å². The molecule has 2 N–H and O–H groups in total. The highest BCUT2D eigenvalue weighted by Gasteiger charge is 2.25. The van der Waals surface area contributed by atoms with E-state index in [1.165, 1.54) is 17.4 Å². The number of methoxy groups -OCH3 is 1. The molecule has 0 radical (unpaired) electrons. The molecule has 0 saturated carbocycles. The Labute approximate surface area is 226 Å². The number of carboxylic acids is 1. The predicted octanol–water partition coefficient (Wildman–Crippen LogP) is 6.25. The molecule has 9 nitrogen and oxygen atoms in total. The van der Waals surface area contributed by atoms with Gasteiger partial charge in [0.25, 0.3) is 0 Å². The molecule has 1 atom stereocenters. The molecule has 5 rings (SSSR count). The van der Waals surface area contributed by atoms with Gasteiger partial charge >= 0.3 is 5.97 Å². The second kappa shape index (κ2) is 9.96. The summed E-state index contributed by atoms with van der Waals surface area (Å²) in [6.45, 7) is 5.50. The summed E-state index contributed by atoms with van der Waals surface area (Å²) in [6, 6.07) is 10.2. The van der Waals surface area contributed by atoms with Gasteiger partial charge in [0.15, 0.2) is 11.3 Å². The van der Waals surface area contributed by atoms with E-state index < -0.39 is 12.0 Å². The van der Waals surface area contributed by atoms with Crippen molar-refractivity contribution in [1.29, 1.82) is 0 Å². The van der Waals surface area contributed by atoms with Gasteiger partial charge in [0.05, 0.1) is 30.6 Å². The molecule has 1 unspecified atom stereocenters. The van der Waals surface area contributed by atoms with Crippen LogP contribution in [0.5, 0.6) is 5.75 Å². The smallest absolute Gasteiger partial charge is 0.356 e. The van der Waals surface area contributed by atoms with E-state index in [0.717, 1.165) is 16.1 Å². The summed E-state index contributed by atoms with van der Waals surface area (Å²) in [6.07, 6.45) is 3.43. The number of carboxylic acid groups (broad SMARTS) is 1. The number of thiophene rings is 1. The molecule has 194 valence electrons. The Morgan fingerprint density at radius 1 is 1.24 bits per heavy atom. The van der Waals surface area contributed by atoms with Crippen LogP contribution in [0.2, 0.25) is 5.15 Å². The van der Waals surface area contributed by atoms with Gasteiger partial charge < -0.3 is 19.6 Å². The first kappa shape index (κ1) is 25.5. The molecule has 0 amide bonds. The number of fused-ring (bicyclic) bond motifs is 1. The van der Waals surface area contributed by atoms with E-state index in [9.17, 15) is 14.7 Å². The number of hydrogen-bond donors (Lipinski definition) is 2. The van der Waals surface area contributed by atoms with Crippen molar-refractivity contribution in [3.8, 4) is 22.8 Å². The summed E-state index contributed by atoms with van der Waals surface area (Å²) >= 11 is 7.25. The molecular formula is C27H23ClN4O5S. The van der Waals surface area contributed by atoms with Gasteiger partial charge in [-0.25, -0.2) is 14.5 Å². The zero-order chi connectivity index (χ0) is 27.1. The Kier molecular flexibility index (Phi) is 6.68. The number of aryl methyl sites for hydroxylation is 1. The van der Waals surface area contributed by atoms with Crippen molar-refractivity contribution in [2.45, 2.75) is 26.8 Å². The first-order chi connectivity index (χ1) is 18.2. The van der Waals surface area contributed by atoms with Gasteiger partial charge in [-0.2, -0.15) is 5.10 Å². The maximum atomic E-state index is 13.4. The van der Waals surface area contributed by atoms with Gasteiger partial charge in [0, 0.05) is 22.2 Å². The number of aromatic nitrogens is 3. The number of nitrogens with zero attached hydrogens (tertiary/aromatic N) is 3. The molecule has 0 fully saturated rings. The van der Waals surface area contributed by atoms with E-state index in [1.807, 2.05) is 38.1 Å². The average Bonchev–Trinajstić information content (AvgIpc) is 3.51. The standard InChI is InChI=1S/C27H23ClN4O5S/c1-13-23(33)26-25(37-24(13)16-11-29-32(12-16)18-7-5-6-8-19(18)36-4)21(15(3)38-26)14(2)30-17-9-10-20(28)31-22(17)27(34)35/h5-12,14,30H,1-4H3,(H,34,35). The van der Waals surface area contributed by atoms with Crippen molar-refractivity contribution in [2.75, 3.05) is 12.4 Å². The molecule has 0 aliphatic carbocycles. The Bertz CT molecular complexity index is 1760. The van der Waals surface area contributed by atoms with E-state index in [2.05, 4.69) is 15.4 Å². The number of nitrogens with one attached hydrogen (secondary N) is 1. The van der Waals surface area contributed by atoms with Crippen molar-refractivity contribution in [3.05, 3.63) is 85.9 Å². The minimum atomic E-state index is -1.20. The quantitative estimate of drug-likeness (QED) is 0.228.